The second kappa shape index (κ2) is 8.54. The summed E-state index contributed by atoms with van der Waals surface area (Å²) in [6.45, 7) is 0.390. The molecule has 1 amide bonds. The van der Waals surface area contributed by atoms with E-state index in [4.69, 9.17) is 21.4 Å². The third-order valence-electron chi connectivity index (χ3n) is 2.24. The van der Waals surface area contributed by atoms with Crippen LogP contribution in [0.3, 0.4) is 0 Å². The van der Waals surface area contributed by atoms with Crippen molar-refractivity contribution in [1.29, 1.82) is 0 Å². The number of hydrogen-bond donors (Lipinski definition) is 2. The van der Waals surface area contributed by atoms with Crippen LogP contribution in [0, 0.1) is 11.8 Å². The summed E-state index contributed by atoms with van der Waals surface area (Å²) >= 11 is 6.00. The number of nitrogens with one attached hydrogen (secondary N) is 1. The summed E-state index contributed by atoms with van der Waals surface area (Å²) in [4.78, 5) is 11.6. The van der Waals surface area contributed by atoms with Gasteiger partial charge in [0.05, 0.1) is 30.3 Å². The number of methoxy groups -OCH3 is 1. The van der Waals surface area contributed by atoms with Gasteiger partial charge in [0.25, 0.3) is 0 Å². The molecule has 1 rings (SSSR count). The highest BCUT2D eigenvalue weighted by molar-refractivity contribution is 6.33. The van der Waals surface area contributed by atoms with Crippen LogP contribution >= 0.6 is 11.6 Å². The molecule has 0 saturated carbocycles. The first-order chi connectivity index (χ1) is 9.17. The van der Waals surface area contributed by atoms with Crippen molar-refractivity contribution in [3.8, 4) is 11.8 Å². The fourth-order valence-electron chi connectivity index (χ4n) is 1.33. The van der Waals surface area contributed by atoms with E-state index in [0.717, 1.165) is 5.56 Å². The zero-order valence-electron chi connectivity index (χ0n) is 10.7. The fraction of sp³-hybridized carbons (Fsp3) is 0.357. The van der Waals surface area contributed by atoms with Gasteiger partial charge in [0.2, 0.25) is 5.91 Å². The van der Waals surface area contributed by atoms with Crippen molar-refractivity contribution in [2.75, 3.05) is 25.6 Å². The molecular formula is C14H16ClNO3. The van der Waals surface area contributed by atoms with Gasteiger partial charge in [0.1, 0.15) is 0 Å². The van der Waals surface area contributed by atoms with Crippen molar-refractivity contribution in [1.82, 2.24) is 0 Å². The average molecular weight is 282 g/mol. The Balaban J connectivity index is 2.75. The maximum Gasteiger partial charge on any atom is 0.226 e. The van der Waals surface area contributed by atoms with Crippen LogP contribution in [-0.4, -0.2) is 31.3 Å². The van der Waals surface area contributed by atoms with E-state index < -0.39 is 0 Å². The molecule has 19 heavy (non-hydrogen) atoms. The van der Waals surface area contributed by atoms with E-state index >= 15 is 0 Å². The van der Waals surface area contributed by atoms with E-state index in [1.54, 1.807) is 18.2 Å². The Kier molecular flexibility index (Phi) is 6.98. The summed E-state index contributed by atoms with van der Waals surface area (Å²) in [5.74, 6) is 5.53. The number of ether oxygens (including phenoxy) is 1. The maximum absolute atomic E-state index is 11.6. The van der Waals surface area contributed by atoms with Crippen LogP contribution in [-0.2, 0) is 9.53 Å². The molecule has 0 radical (unpaired) electrons. The molecule has 0 fully saturated rings. The summed E-state index contributed by atoms with van der Waals surface area (Å²) in [7, 11) is 1.54. The molecule has 0 unspecified atom stereocenters. The van der Waals surface area contributed by atoms with E-state index in [9.17, 15) is 4.79 Å². The van der Waals surface area contributed by atoms with Gasteiger partial charge in [-0.1, -0.05) is 23.4 Å². The average Bonchev–Trinajstić information content (AvgIpc) is 2.40. The van der Waals surface area contributed by atoms with Gasteiger partial charge in [-0.15, -0.1) is 0 Å². The van der Waals surface area contributed by atoms with Crippen molar-refractivity contribution in [2.45, 2.75) is 12.8 Å². The number of amides is 1. The van der Waals surface area contributed by atoms with Gasteiger partial charge in [-0.2, -0.15) is 0 Å². The third-order valence-corrected chi connectivity index (χ3v) is 2.57. The number of benzene rings is 1. The molecule has 102 valence electrons. The molecule has 0 heterocycles. The number of carbonyl (C=O) groups excluding carboxylic acids is 1. The molecule has 0 bridgehead atoms. The fourth-order valence-corrected chi connectivity index (χ4v) is 1.49. The van der Waals surface area contributed by atoms with Crippen LogP contribution in [0.5, 0.6) is 0 Å². The lowest BCUT2D eigenvalue weighted by atomic mass is 10.2. The summed E-state index contributed by atoms with van der Waals surface area (Å²) in [6.07, 6.45) is 0.686. The van der Waals surface area contributed by atoms with Gasteiger partial charge in [-0.3, -0.25) is 4.79 Å². The first-order valence-electron chi connectivity index (χ1n) is 5.85. The highest BCUT2D eigenvalue weighted by atomic mass is 35.5. The van der Waals surface area contributed by atoms with Gasteiger partial charge in [0.15, 0.2) is 0 Å². The Labute approximate surface area is 117 Å². The standard InChI is InChI=1S/C14H16ClNO3/c1-19-9-7-14(18)16-13-10-11(4-2-3-8-17)5-6-12(13)15/h5-6,10,17H,3,7-9H2,1H3,(H,16,18). The van der Waals surface area contributed by atoms with Crippen LogP contribution in [0.15, 0.2) is 18.2 Å². The number of aliphatic hydroxyl groups is 1. The number of hydrogen-bond acceptors (Lipinski definition) is 3. The molecular weight excluding hydrogens is 266 g/mol. The molecule has 0 aliphatic rings. The van der Waals surface area contributed by atoms with Crippen LogP contribution in [0.4, 0.5) is 5.69 Å². The highest BCUT2D eigenvalue weighted by Crippen LogP contribution is 2.22. The van der Waals surface area contributed by atoms with Crippen molar-refractivity contribution in [3.63, 3.8) is 0 Å². The van der Waals surface area contributed by atoms with E-state index in [-0.39, 0.29) is 18.9 Å². The highest BCUT2D eigenvalue weighted by Gasteiger charge is 2.06. The Morgan fingerprint density at radius 3 is 3.00 bits per heavy atom. The molecule has 0 saturated heterocycles. The zero-order valence-corrected chi connectivity index (χ0v) is 11.5. The van der Waals surface area contributed by atoms with Crippen LogP contribution in [0.2, 0.25) is 5.02 Å². The normalized spacial score (nSPS) is 9.63. The molecule has 1 aromatic rings. The van der Waals surface area contributed by atoms with Crippen molar-refractivity contribution in [3.05, 3.63) is 28.8 Å². The summed E-state index contributed by atoms with van der Waals surface area (Å²) < 4.78 is 4.83. The topological polar surface area (TPSA) is 58.6 Å². The molecule has 0 spiro atoms. The SMILES string of the molecule is COCCC(=O)Nc1cc(C#CCCO)ccc1Cl. The van der Waals surface area contributed by atoms with Crippen molar-refractivity contribution in [2.24, 2.45) is 0 Å². The van der Waals surface area contributed by atoms with Crippen molar-refractivity contribution >= 4 is 23.2 Å². The van der Waals surface area contributed by atoms with Crippen LogP contribution in [0.1, 0.15) is 18.4 Å². The predicted octanol–water partition coefficient (Wildman–Crippen LogP) is 2.05. The quantitative estimate of drug-likeness (QED) is 0.812. The maximum atomic E-state index is 11.6. The van der Waals surface area contributed by atoms with Gasteiger partial charge < -0.3 is 15.2 Å². The van der Waals surface area contributed by atoms with E-state index in [0.29, 0.717) is 23.7 Å². The molecule has 0 aromatic heterocycles. The molecule has 1 aromatic carbocycles. The lowest BCUT2D eigenvalue weighted by Gasteiger charge is -2.07. The van der Waals surface area contributed by atoms with Gasteiger partial charge in [-0.05, 0) is 18.2 Å². The minimum atomic E-state index is -0.163. The molecule has 0 aliphatic carbocycles. The summed E-state index contributed by atoms with van der Waals surface area (Å²) in [5, 5.41) is 11.8. The first kappa shape index (κ1) is 15.5. The smallest absolute Gasteiger partial charge is 0.226 e. The molecule has 5 heteroatoms. The lowest BCUT2D eigenvalue weighted by Crippen LogP contribution is -2.13. The summed E-state index contributed by atoms with van der Waals surface area (Å²) in [5.41, 5.74) is 1.26. The molecule has 4 nitrogen and oxygen atoms in total. The Morgan fingerprint density at radius 2 is 2.32 bits per heavy atom. The lowest BCUT2D eigenvalue weighted by molar-refractivity contribution is -0.117. The van der Waals surface area contributed by atoms with Crippen molar-refractivity contribution < 1.29 is 14.6 Å². The van der Waals surface area contributed by atoms with Crippen LogP contribution < -0.4 is 5.32 Å². The molecule has 0 aliphatic heterocycles. The second-order valence-electron chi connectivity index (χ2n) is 3.76. The number of rotatable bonds is 5. The van der Waals surface area contributed by atoms with Crippen LogP contribution in [0.25, 0.3) is 0 Å². The summed E-state index contributed by atoms with van der Waals surface area (Å²) in [6, 6.07) is 5.14. The molecule has 0 atom stereocenters. The Hall–Kier alpha value is -1.54. The number of halogens is 1. The zero-order chi connectivity index (χ0) is 14.1. The second-order valence-corrected chi connectivity index (χ2v) is 4.17. The first-order valence-corrected chi connectivity index (χ1v) is 6.23. The number of anilines is 1. The number of carbonyl (C=O) groups is 1. The van der Waals surface area contributed by atoms with Gasteiger partial charge in [-0.25, -0.2) is 0 Å². The van der Waals surface area contributed by atoms with E-state index in [2.05, 4.69) is 17.2 Å². The predicted molar refractivity (Wildman–Crippen MR) is 75.2 cm³/mol. The third kappa shape index (κ3) is 5.75. The van der Waals surface area contributed by atoms with E-state index in [1.165, 1.54) is 7.11 Å². The van der Waals surface area contributed by atoms with Gasteiger partial charge >= 0.3 is 0 Å². The van der Waals surface area contributed by atoms with Gasteiger partial charge in [0, 0.05) is 19.1 Å². The Morgan fingerprint density at radius 1 is 1.53 bits per heavy atom. The Bertz CT molecular complexity index is 491. The largest absolute Gasteiger partial charge is 0.395 e. The number of aliphatic hydroxyl groups excluding tert-OH is 1. The monoisotopic (exact) mass is 281 g/mol. The molecule has 2 N–H and O–H groups in total. The van der Waals surface area contributed by atoms with E-state index in [1.807, 2.05) is 0 Å². The minimum Gasteiger partial charge on any atom is -0.395 e. The minimum absolute atomic E-state index is 0.0290.